The number of carbonyl (C=O) groups excluding carboxylic acids is 1. The number of amides is 2. The van der Waals surface area contributed by atoms with Crippen LogP contribution >= 0.6 is 0 Å². The van der Waals surface area contributed by atoms with E-state index in [4.69, 9.17) is 4.74 Å². The molecule has 164 valence electrons. The van der Waals surface area contributed by atoms with Crippen LogP contribution in [0.25, 0.3) is 6.08 Å². The lowest BCUT2D eigenvalue weighted by atomic mass is 9.76. The second-order valence-corrected chi connectivity index (χ2v) is 9.38. The Morgan fingerprint density at radius 3 is 2.65 bits per heavy atom. The van der Waals surface area contributed by atoms with Gasteiger partial charge < -0.3 is 9.64 Å². The first-order chi connectivity index (χ1) is 15.0. The van der Waals surface area contributed by atoms with Gasteiger partial charge in [-0.3, -0.25) is 5.32 Å². The van der Waals surface area contributed by atoms with E-state index in [9.17, 15) is 4.79 Å². The Bertz CT molecular complexity index is 906. The average molecular weight is 421 g/mol. The summed E-state index contributed by atoms with van der Waals surface area (Å²) in [6.45, 7) is 6.10. The smallest absolute Gasteiger partial charge is 0.323 e. The molecule has 1 aliphatic heterocycles. The van der Waals surface area contributed by atoms with E-state index in [1.807, 2.05) is 4.90 Å². The number of benzene rings is 1. The number of piperidine rings is 1. The summed E-state index contributed by atoms with van der Waals surface area (Å²) in [5.41, 5.74) is 2.98. The zero-order valence-corrected chi connectivity index (χ0v) is 18.5. The first-order valence-corrected chi connectivity index (χ1v) is 11.3. The molecule has 1 saturated carbocycles. The molecule has 2 amide bonds. The van der Waals surface area contributed by atoms with E-state index in [-0.39, 0.29) is 6.03 Å². The lowest BCUT2D eigenvalue weighted by Gasteiger charge is -2.34. The largest absolute Gasteiger partial charge is 0.490 e. The van der Waals surface area contributed by atoms with Crippen LogP contribution in [0.2, 0.25) is 0 Å². The quantitative estimate of drug-likeness (QED) is 0.706. The molecule has 0 bridgehead atoms. The van der Waals surface area contributed by atoms with Gasteiger partial charge in [-0.2, -0.15) is 5.10 Å². The van der Waals surface area contributed by atoms with Crippen molar-refractivity contribution in [2.24, 2.45) is 5.41 Å². The Labute approximate surface area is 184 Å². The minimum absolute atomic E-state index is 0.120. The number of nitrogens with zero attached hydrogens (tertiary/aromatic N) is 3. The van der Waals surface area contributed by atoms with Crippen LogP contribution in [0.5, 0.6) is 5.75 Å². The first-order valence-electron chi connectivity index (χ1n) is 11.3. The van der Waals surface area contributed by atoms with Crippen molar-refractivity contribution >= 4 is 17.9 Å². The molecule has 0 atom stereocenters. The maximum atomic E-state index is 12.4. The fourth-order valence-electron chi connectivity index (χ4n) is 4.29. The molecule has 2 aliphatic rings. The van der Waals surface area contributed by atoms with Gasteiger partial charge in [0.15, 0.2) is 5.82 Å². The summed E-state index contributed by atoms with van der Waals surface area (Å²) in [4.78, 5) is 14.2. The van der Waals surface area contributed by atoms with Crippen LogP contribution in [0.4, 0.5) is 10.6 Å². The minimum atomic E-state index is -0.120. The number of nitrogens with one attached hydrogen (secondary N) is 1. The summed E-state index contributed by atoms with van der Waals surface area (Å²) in [5.74, 6) is 1.44. The predicted octanol–water partition coefficient (Wildman–Crippen LogP) is 5.54. The summed E-state index contributed by atoms with van der Waals surface area (Å²) in [7, 11) is 0. The molecule has 1 aromatic heterocycles. The highest BCUT2D eigenvalue weighted by molar-refractivity contribution is 5.88. The molecule has 0 spiro atoms. The van der Waals surface area contributed by atoms with Crippen molar-refractivity contribution in [2.45, 2.75) is 58.5 Å². The van der Waals surface area contributed by atoms with Gasteiger partial charge in [0.1, 0.15) is 5.75 Å². The van der Waals surface area contributed by atoms with Crippen LogP contribution in [0.3, 0.4) is 0 Å². The van der Waals surface area contributed by atoms with Crippen LogP contribution in [0, 0.1) is 5.41 Å². The number of carbonyl (C=O) groups is 1. The molecule has 1 N–H and O–H groups in total. The van der Waals surface area contributed by atoms with Gasteiger partial charge >= 0.3 is 6.03 Å². The molecule has 2 fully saturated rings. The Morgan fingerprint density at radius 2 is 1.94 bits per heavy atom. The van der Waals surface area contributed by atoms with Crippen LogP contribution in [0.1, 0.15) is 57.9 Å². The zero-order chi connectivity index (χ0) is 21.7. The molecule has 31 heavy (non-hydrogen) atoms. The Hall–Kier alpha value is -2.89. The number of urea groups is 1. The number of hydrogen-bond acceptors (Lipinski definition) is 4. The molecular weight excluding hydrogens is 388 g/mol. The normalized spacial score (nSPS) is 19.0. The van der Waals surface area contributed by atoms with Crippen LogP contribution in [0.15, 0.2) is 48.2 Å². The average Bonchev–Trinajstić information content (AvgIpc) is 2.77. The molecule has 2 aromatic rings. The number of aromatic nitrogens is 2. The molecule has 6 heteroatoms. The second kappa shape index (κ2) is 9.50. The monoisotopic (exact) mass is 420 g/mol. The van der Waals surface area contributed by atoms with E-state index >= 15 is 0 Å². The van der Waals surface area contributed by atoms with Crippen LogP contribution in [-0.4, -0.2) is 40.3 Å². The lowest BCUT2D eigenvalue weighted by molar-refractivity contribution is 0.0987. The van der Waals surface area contributed by atoms with Crippen molar-refractivity contribution in [1.82, 2.24) is 15.1 Å². The highest BCUT2D eigenvalue weighted by Gasteiger charge is 2.27. The van der Waals surface area contributed by atoms with Gasteiger partial charge in [-0.25, -0.2) is 4.79 Å². The molecular formula is C25H32N4O2. The zero-order valence-electron chi connectivity index (χ0n) is 18.5. The molecule has 1 saturated heterocycles. The van der Waals surface area contributed by atoms with E-state index in [2.05, 4.69) is 59.7 Å². The topological polar surface area (TPSA) is 67.3 Å². The van der Waals surface area contributed by atoms with Gasteiger partial charge in [0, 0.05) is 19.3 Å². The molecule has 1 aromatic carbocycles. The summed E-state index contributed by atoms with van der Waals surface area (Å²) in [6.07, 6.45) is 10.6. The number of anilines is 1. The van der Waals surface area contributed by atoms with E-state index in [0.717, 1.165) is 31.4 Å². The van der Waals surface area contributed by atoms with Gasteiger partial charge in [0.2, 0.25) is 0 Å². The predicted molar refractivity (Wildman–Crippen MR) is 123 cm³/mol. The standard InChI is InChI=1S/C25H32N4O2/c1-25(2)12-8-21(9-13-25)31-22-6-3-5-20(18-22)17-19-10-15-29(16-11-19)24(30)27-23-7-4-14-26-28-23/h3-7,14,17-18,21H,8-13,15-16H2,1-2H3,(H,27,28,30). The molecule has 0 radical (unpaired) electrons. The number of likely N-dealkylation sites (tertiary alicyclic amines) is 1. The third-order valence-electron chi connectivity index (χ3n) is 6.32. The van der Waals surface area contributed by atoms with Crippen LogP contribution in [-0.2, 0) is 0 Å². The van der Waals surface area contributed by atoms with Gasteiger partial charge in [0.05, 0.1) is 6.10 Å². The fourth-order valence-corrected chi connectivity index (χ4v) is 4.29. The molecule has 4 rings (SSSR count). The number of rotatable bonds is 4. The second-order valence-electron chi connectivity index (χ2n) is 9.38. The van der Waals surface area contributed by atoms with Gasteiger partial charge in [-0.1, -0.05) is 37.6 Å². The molecule has 2 heterocycles. The Morgan fingerprint density at radius 1 is 1.16 bits per heavy atom. The van der Waals surface area contributed by atoms with Crippen molar-refractivity contribution in [3.05, 3.63) is 53.7 Å². The van der Waals surface area contributed by atoms with E-state index in [0.29, 0.717) is 30.4 Å². The highest BCUT2D eigenvalue weighted by atomic mass is 16.5. The lowest BCUT2D eigenvalue weighted by Crippen LogP contribution is -2.39. The Kier molecular flexibility index (Phi) is 6.54. The van der Waals surface area contributed by atoms with Crippen molar-refractivity contribution < 1.29 is 9.53 Å². The number of hydrogen-bond donors (Lipinski definition) is 1. The summed E-state index contributed by atoms with van der Waals surface area (Å²) in [5, 5.41) is 10.5. The van der Waals surface area contributed by atoms with E-state index in [1.54, 1.807) is 18.3 Å². The van der Waals surface area contributed by atoms with Crippen molar-refractivity contribution in [3.8, 4) is 5.75 Å². The van der Waals surface area contributed by atoms with Crippen molar-refractivity contribution in [3.63, 3.8) is 0 Å². The van der Waals surface area contributed by atoms with E-state index < -0.39 is 0 Å². The highest BCUT2D eigenvalue weighted by Crippen LogP contribution is 2.36. The Balaban J connectivity index is 1.30. The van der Waals surface area contributed by atoms with Gasteiger partial charge in [-0.15, -0.1) is 5.10 Å². The van der Waals surface area contributed by atoms with Crippen molar-refractivity contribution in [1.29, 1.82) is 0 Å². The third kappa shape index (κ3) is 6.06. The molecule has 1 aliphatic carbocycles. The minimum Gasteiger partial charge on any atom is -0.490 e. The maximum Gasteiger partial charge on any atom is 0.323 e. The van der Waals surface area contributed by atoms with Crippen molar-refractivity contribution in [2.75, 3.05) is 18.4 Å². The van der Waals surface area contributed by atoms with Crippen LogP contribution < -0.4 is 10.1 Å². The maximum absolute atomic E-state index is 12.4. The summed E-state index contributed by atoms with van der Waals surface area (Å²) >= 11 is 0. The third-order valence-corrected chi connectivity index (χ3v) is 6.32. The fraction of sp³-hybridized carbons (Fsp3) is 0.480. The molecule has 0 unspecified atom stereocenters. The summed E-state index contributed by atoms with van der Waals surface area (Å²) in [6, 6.07) is 11.8. The summed E-state index contributed by atoms with van der Waals surface area (Å²) < 4.78 is 6.28. The van der Waals surface area contributed by atoms with Gasteiger partial charge in [0.25, 0.3) is 0 Å². The van der Waals surface area contributed by atoms with E-state index in [1.165, 1.54) is 24.0 Å². The first kappa shape index (κ1) is 21.3. The van der Waals surface area contributed by atoms with Gasteiger partial charge in [-0.05, 0) is 73.8 Å². The SMILES string of the molecule is CC1(C)CCC(Oc2cccc(C=C3CCN(C(=O)Nc4cccnn4)CC3)c2)CC1. The number of ether oxygens (including phenoxy) is 1. The molecule has 6 nitrogen and oxygen atoms in total.